The number of esters is 1. The second-order valence-electron chi connectivity index (χ2n) is 4.97. The first-order valence-corrected chi connectivity index (χ1v) is 7.95. The molecule has 7 heteroatoms. The summed E-state index contributed by atoms with van der Waals surface area (Å²) in [5.74, 6) is 1.48. The molecule has 0 unspecified atom stereocenters. The number of benzene rings is 1. The van der Waals surface area contributed by atoms with Crippen molar-refractivity contribution in [3.63, 3.8) is 0 Å². The highest BCUT2D eigenvalue weighted by Crippen LogP contribution is 2.07. The van der Waals surface area contributed by atoms with E-state index in [0.717, 1.165) is 37.5 Å². The van der Waals surface area contributed by atoms with Crippen LogP contribution >= 0.6 is 24.0 Å². The second kappa shape index (κ2) is 15.0. The summed E-state index contributed by atoms with van der Waals surface area (Å²) in [6.07, 6.45) is 3.31. The molecule has 0 saturated heterocycles. The first kappa shape index (κ1) is 22.5. The van der Waals surface area contributed by atoms with Gasteiger partial charge in [0.05, 0.1) is 13.7 Å². The largest absolute Gasteiger partial charge is 0.492 e. The summed E-state index contributed by atoms with van der Waals surface area (Å²) in [6.45, 7) is 2.07. The average molecular weight is 449 g/mol. The van der Waals surface area contributed by atoms with Crippen LogP contribution in [0.25, 0.3) is 0 Å². The quantitative estimate of drug-likeness (QED) is 0.189. The minimum atomic E-state index is -0.145. The Morgan fingerprint density at radius 1 is 1.08 bits per heavy atom. The monoisotopic (exact) mass is 449 g/mol. The van der Waals surface area contributed by atoms with Crippen LogP contribution in [-0.2, 0) is 9.53 Å². The van der Waals surface area contributed by atoms with Crippen LogP contribution in [-0.4, -0.2) is 45.8 Å². The number of hydrogen-bond donors (Lipinski definition) is 2. The zero-order valence-electron chi connectivity index (χ0n) is 14.4. The number of halogens is 1. The van der Waals surface area contributed by atoms with Gasteiger partial charge in [0.25, 0.3) is 0 Å². The van der Waals surface area contributed by atoms with Crippen LogP contribution in [0, 0.1) is 0 Å². The Hall–Kier alpha value is -1.51. The number of unbranched alkanes of at least 4 members (excludes halogenated alkanes) is 2. The van der Waals surface area contributed by atoms with E-state index >= 15 is 0 Å². The number of aliphatic imine (C=N–C) groups is 1. The van der Waals surface area contributed by atoms with Crippen molar-refractivity contribution < 1.29 is 14.3 Å². The molecular weight excluding hydrogens is 421 g/mol. The van der Waals surface area contributed by atoms with Crippen LogP contribution in [0.2, 0.25) is 0 Å². The third-order valence-corrected chi connectivity index (χ3v) is 3.21. The van der Waals surface area contributed by atoms with Gasteiger partial charge in [-0.15, -0.1) is 24.0 Å². The van der Waals surface area contributed by atoms with E-state index in [0.29, 0.717) is 19.6 Å². The lowest BCUT2D eigenvalue weighted by molar-refractivity contribution is -0.140. The van der Waals surface area contributed by atoms with Gasteiger partial charge >= 0.3 is 5.97 Å². The van der Waals surface area contributed by atoms with Crippen LogP contribution in [0.3, 0.4) is 0 Å². The van der Waals surface area contributed by atoms with Gasteiger partial charge in [0.2, 0.25) is 0 Å². The van der Waals surface area contributed by atoms with E-state index in [-0.39, 0.29) is 29.9 Å². The number of para-hydroxylation sites is 1. The standard InChI is InChI=1S/C17H27N3O3.HI/c1-18-17(19-12-8-4-7-11-16(21)22-2)20-13-14-23-15-9-5-3-6-10-15;/h3,5-6,9-10H,4,7-8,11-14H2,1-2H3,(H2,18,19,20);1H. The molecule has 24 heavy (non-hydrogen) atoms. The Labute approximate surface area is 161 Å². The van der Waals surface area contributed by atoms with Gasteiger partial charge in [-0.2, -0.15) is 0 Å². The smallest absolute Gasteiger partial charge is 0.305 e. The fourth-order valence-corrected chi connectivity index (χ4v) is 1.96. The van der Waals surface area contributed by atoms with Crippen molar-refractivity contribution in [2.24, 2.45) is 4.99 Å². The maximum absolute atomic E-state index is 11.0. The molecule has 0 aliphatic heterocycles. The van der Waals surface area contributed by atoms with Gasteiger partial charge in [-0.05, 0) is 25.0 Å². The normalized spacial score (nSPS) is 10.5. The molecule has 0 radical (unpaired) electrons. The summed E-state index contributed by atoms with van der Waals surface area (Å²) >= 11 is 0. The Bertz CT molecular complexity index is 469. The number of nitrogens with zero attached hydrogens (tertiary/aromatic N) is 1. The Morgan fingerprint density at radius 2 is 1.79 bits per heavy atom. The zero-order valence-corrected chi connectivity index (χ0v) is 16.7. The molecule has 0 amide bonds. The first-order chi connectivity index (χ1) is 11.3. The minimum Gasteiger partial charge on any atom is -0.492 e. The summed E-state index contributed by atoms with van der Waals surface area (Å²) in [6, 6.07) is 9.72. The molecule has 1 aromatic carbocycles. The van der Waals surface area contributed by atoms with Gasteiger partial charge in [0.1, 0.15) is 12.4 Å². The van der Waals surface area contributed by atoms with Crippen molar-refractivity contribution in [3.8, 4) is 5.75 Å². The fourth-order valence-electron chi connectivity index (χ4n) is 1.96. The predicted molar refractivity (Wildman–Crippen MR) is 107 cm³/mol. The molecule has 1 aromatic rings. The number of methoxy groups -OCH3 is 1. The molecule has 0 heterocycles. The molecule has 2 N–H and O–H groups in total. The van der Waals surface area contributed by atoms with Gasteiger partial charge in [0.15, 0.2) is 5.96 Å². The maximum Gasteiger partial charge on any atom is 0.305 e. The number of carbonyl (C=O) groups excluding carboxylic acids is 1. The van der Waals surface area contributed by atoms with E-state index in [1.165, 1.54) is 7.11 Å². The second-order valence-corrected chi connectivity index (χ2v) is 4.97. The molecule has 0 aliphatic carbocycles. The number of nitrogens with one attached hydrogen (secondary N) is 2. The Balaban J connectivity index is 0.00000529. The SMILES string of the molecule is CN=C(NCCCCCC(=O)OC)NCCOc1ccccc1.I. The van der Waals surface area contributed by atoms with Crippen molar-refractivity contribution in [2.75, 3.05) is 33.9 Å². The number of ether oxygens (including phenoxy) is 2. The molecule has 0 aromatic heterocycles. The molecule has 1 rings (SSSR count). The van der Waals surface area contributed by atoms with Crippen LogP contribution < -0.4 is 15.4 Å². The maximum atomic E-state index is 11.0. The van der Waals surface area contributed by atoms with Crippen LogP contribution in [0.4, 0.5) is 0 Å². The molecular formula is C17H28IN3O3. The fraction of sp³-hybridized carbons (Fsp3) is 0.529. The van der Waals surface area contributed by atoms with E-state index in [4.69, 9.17) is 4.74 Å². The average Bonchev–Trinajstić information content (AvgIpc) is 2.60. The van der Waals surface area contributed by atoms with E-state index in [1.807, 2.05) is 30.3 Å². The summed E-state index contributed by atoms with van der Waals surface area (Å²) in [7, 11) is 3.16. The van der Waals surface area contributed by atoms with Gasteiger partial charge in [-0.25, -0.2) is 0 Å². The number of rotatable bonds is 10. The highest BCUT2D eigenvalue weighted by atomic mass is 127. The molecule has 6 nitrogen and oxygen atoms in total. The number of carbonyl (C=O) groups is 1. The molecule has 0 fully saturated rings. The lowest BCUT2D eigenvalue weighted by Crippen LogP contribution is -2.39. The molecule has 0 bridgehead atoms. The third kappa shape index (κ3) is 11.1. The highest BCUT2D eigenvalue weighted by Gasteiger charge is 2.00. The zero-order chi connectivity index (χ0) is 16.8. The van der Waals surface area contributed by atoms with E-state index in [1.54, 1.807) is 7.05 Å². The van der Waals surface area contributed by atoms with Crippen molar-refractivity contribution >= 4 is 35.9 Å². The summed E-state index contributed by atoms with van der Waals surface area (Å²) in [5, 5.41) is 6.44. The predicted octanol–water partition coefficient (Wildman–Crippen LogP) is 2.58. The van der Waals surface area contributed by atoms with Crippen molar-refractivity contribution in [1.29, 1.82) is 0 Å². The molecule has 136 valence electrons. The molecule has 0 saturated carbocycles. The summed E-state index contributed by atoms with van der Waals surface area (Å²) in [4.78, 5) is 15.1. The summed E-state index contributed by atoms with van der Waals surface area (Å²) < 4.78 is 10.2. The van der Waals surface area contributed by atoms with Crippen LogP contribution in [0.15, 0.2) is 35.3 Å². The van der Waals surface area contributed by atoms with Crippen molar-refractivity contribution in [3.05, 3.63) is 30.3 Å². The van der Waals surface area contributed by atoms with Crippen molar-refractivity contribution in [2.45, 2.75) is 25.7 Å². The third-order valence-electron chi connectivity index (χ3n) is 3.21. The lowest BCUT2D eigenvalue weighted by Gasteiger charge is -2.12. The first-order valence-electron chi connectivity index (χ1n) is 7.95. The van der Waals surface area contributed by atoms with E-state index in [9.17, 15) is 4.79 Å². The van der Waals surface area contributed by atoms with E-state index in [2.05, 4.69) is 20.4 Å². The highest BCUT2D eigenvalue weighted by molar-refractivity contribution is 14.0. The number of hydrogen-bond acceptors (Lipinski definition) is 4. The van der Waals surface area contributed by atoms with Gasteiger partial charge in [0, 0.05) is 20.0 Å². The molecule has 0 spiro atoms. The minimum absolute atomic E-state index is 0. The Kier molecular flexibility index (Phi) is 14.1. The van der Waals surface area contributed by atoms with Gasteiger partial charge in [-0.1, -0.05) is 24.6 Å². The van der Waals surface area contributed by atoms with Gasteiger partial charge in [-0.3, -0.25) is 9.79 Å². The molecule has 0 aliphatic rings. The van der Waals surface area contributed by atoms with Crippen LogP contribution in [0.1, 0.15) is 25.7 Å². The Morgan fingerprint density at radius 3 is 2.46 bits per heavy atom. The van der Waals surface area contributed by atoms with Gasteiger partial charge < -0.3 is 20.1 Å². The van der Waals surface area contributed by atoms with E-state index < -0.39 is 0 Å². The summed E-state index contributed by atoms with van der Waals surface area (Å²) in [5.41, 5.74) is 0. The topological polar surface area (TPSA) is 72.0 Å². The lowest BCUT2D eigenvalue weighted by atomic mass is 10.2. The number of guanidine groups is 1. The van der Waals surface area contributed by atoms with Crippen LogP contribution in [0.5, 0.6) is 5.75 Å². The van der Waals surface area contributed by atoms with Crippen molar-refractivity contribution in [1.82, 2.24) is 10.6 Å². The molecule has 0 atom stereocenters.